The number of hydrogen-bond donors (Lipinski definition) is 1. The van der Waals surface area contributed by atoms with Crippen LogP contribution in [0.5, 0.6) is 0 Å². The van der Waals surface area contributed by atoms with Gasteiger partial charge in [-0.15, -0.1) is 11.8 Å². The summed E-state index contributed by atoms with van der Waals surface area (Å²) < 4.78 is 0. The van der Waals surface area contributed by atoms with Gasteiger partial charge >= 0.3 is 0 Å². The van der Waals surface area contributed by atoms with E-state index in [2.05, 4.69) is 45.6 Å². The van der Waals surface area contributed by atoms with E-state index in [9.17, 15) is 0 Å². The summed E-state index contributed by atoms with van der Waals surface area (Å²) in [6.07, 6.45) is 5.60. The Bertz CT molecular complexity index is 341. The van der Waals surface area contributed by atoms with E-state index in [1.165, 1.54) is 64.3 Å². The third kappa shape index (κ3) is 4.84. The summed E-state index contributed by atoms with van der Waals surface area (Å²) in [5, 5.41) is 3.69. The lowest BCUT2D eigenvalue weighted by Gasteiger charge is -2.36. The van der Waals surface area contributed by atoms with Crippen LogP contribution in [0.1, 0.15) is 39.5 Å². The van der Waals surface area contributed by atoms with Crippen LogP contribution in [0.15, 0.2) is 0 Å². The minimum atomic E-state index is 0.523. The number of nitrogens with one attached hydrogen (secondary N) is 1. The van der Waals surface area contributed by atoms with Crippen molar-refractivity contribution in [1.82, 2.24) is 20.0 Å². The number of thioether (sulfide) groups is 1. The number of hydrogen-bond acceptors (Lipinski definition) is 5. The highest BCUT2D eigenvalue weighted by Crippen LogP contribution is 2.23. The van der Waals surface area contributed by atoms with E-state index in [0.29, 0.717) is 5.50 Å². The van der Waals surface area contributed by atoms with Gasteiger partial charge in [0.2, 0.25) is 0 Å². The van der Waals surface area contributed by atoms with Gasteiger partial charge in [0.15, 0.2) is 0 Å². The summed E-state index contributed by atoms with van der Waals surface area (Å²) in [6.45, 7) is 13.5. The van der Waals surface area contributed by atoms with Gasteiger partial charge in [-0.2, -0.15) is 0 Å². The fourth-order valence-corrected chi connectivity index (χ4v) is 5.34. The van der Waals surface area contributed by atoms with E-state index in [4.69, 9.17) is 0 Å². The summed E-state index contributed by atoms with van der Waals surface area (Å²) in [4.78, 5) is 7.97. The van der Waals surface area contributed by atoms with E-state index >= 15 is 0 Å². The molecule has 1 N–H and O–H groups in total. The Morgan fingerprint density at radius 2 is 1.64 bits per heavy atom. The molecule has 0 amide bonds. The van der Waals surface area contributed by atoms with Gasteiger partial charge in [0.25, 0.3) is 0 Å². The zero-order valence-electron chi connectivity index (χ0n) is 14.5. The van der Waals surface area contributed by atoms with E-state index in [-0.39, 0.29) is 0 Å². The van der Waals surface area contributed by atoms with Crippen LogP contribution in [-0.2, 0) is 0 Å². The van der Waals surface area contributed by atoms with E-state index in [1.54, 1.807) is 0 Å². The molecule has 3 unspecified atom stereocenters. The van der Waals surface area contributed by atoms with Gasteiger partial charge < -0.3 is 0 Å². The first kappa shape index (κ1) is 17.0. The molecule has 0 aromatic carbocycles. The Kier molecular flexibility index (Phi) is 6.45. The Hall–Kier alpha value is 0.190. The molecule has 3 aliphatic heterocycles. The molecule has 0 bridgehead atoms. The summed E-state index contributed by atoms with van der Waals surface area (Å²) in [6, 6.07) is 0. The van der Waals surface area contributed by atoms with Crippen molar-refractivity contribution in [2.45, 2.75) is 45.0 Å². The second-order valence-electron chi connectivity index (χ2n) is 7.70. The first-order valence-electron chi connectivity index (χ1n) is 9.24. The van der Waals surface area contributed by atoms with E-state index in [0.717, 1.165) is 25.0 Å². The molecule has 0 spiro atoms. The van der Waals surface area contributed by atoms with Crippen molar-refractivity contribution in [3.63, 3.8) is 0 Å². The minimum absolute atomic E-state index is 0.523. The predicted octanol–water partition coefficient (Wildman–Crippen LogP) is 2.29. The Balaban J connectivity index is 1.42. The molecule has 128 valence electrons. The van der Waals surface area contributed by atoms with Crippen molar-refractivity contribution in [2.24, 2.45) is 11.8 Å². The van der Waals surface area contributed by atoms with Gasteiger partial charge in [0, 0.05) is 32.1 Å². The number of piperidine rings is 2. The van der Waals surface area contributed by atoms with E-state index in [1.807, 2.05) is 0 Å². The lowest BCUT2D eigenvalue weighted by Crippen LogP contribution is -2.46. The molecular formula is C17H34N4S. The molecule has 0 radical (unpaired) electrons. The molecule has 3 saturated heterocycles. The van der Waals surface area contributed by atoms with Crippen molar-refractivity contribution in [3.05, 3.63) is 0 Å². The summed E-state index contributed by atoms with van der Waals surface area (Å²) in [7, 11) is 0. The van der Waals surface area contributed by atoms with Gasteiger partial charge in [-0.3, -0.25) is 20.0 Å². The monoisotopic (exact) mass is 326 g/mol. The summed E-state index contributed by atoms with van der Waals surface area (Å²) in [5.41, 5.74) is 0.523. The molecular weight excluding hydrogens is 292 g/mol. The molecule has 0 aliphatic carbocycles. The first-order valence-corrected chi connectivity index (χ1v) is 10.3. The molecule has 0 aromatic rings. The molecule has 22 heavy (non-hydrogen) atoms. The standard InChI is InChI=1S/C17H34N4S/c1-15-5-3-8-19(11-15)13-21-10-7-18-17(21)22-14-20-9-4-6-16(2)12-20/h15-18H,3-14H2,1-2H3. The Morgan fingerprint density at radius 1 is 0.955 bits per heavy atom. The van der Waals surface area contributed by atoms with Crippen molar-refractivity contribution in [1.29, 1.82) is 0 Å². The largest absolute Gasteiger partial charge is 0.294 e. The third-order valence-electron chi connectivity index (χ3n) is 5.33. The topological polar surface area (TPSA) is 21.8 Å². The van der Waals surface area contributed by atoms with E-state index < -0.39 is 0 Å². The second-order valence-corrected chi connectivity index (χ2v) is 8.74. The zero-order valence-corrected chi connectivity index (χ0v) is 15.3. The average molecular weight is 327 g/mol. The van der Waals surface area contributed by atoms with Crippen molar-refractivity contribution < 1.29 is 0 Å². The second kappa shape index (κ2) is 8.34. The maximum absolute atomic E-state index is 3.69. The van der Waals surface area contributed by atoms with Gasteiger partial charge in [-0.1, -0.05) is 13.8 Å². The van der Waals surface area contributed by atoms with Crippen LogP contribution in [0.4, 0.5) is 0 Å². The molecule has 5 heteroatoms. The SMILES string of the molecule is CC1CCCN(CSC2NCCN2CN2CCCC(C)C2)C1. The first-order chi connectivity index (χ1) is 10.7. The molecule has 3 heterocycles. The Morgan fingerprint density at radius 3 is 2.36 bits per heavy atom. The predicted molar refractivity (Wildman–Crippen MR) is 95.8 cm³/mol. The molecule has 4 nitrogen and oxygen atoms in total. The number of rotatable bonds is 5. The minimum Gasteiger partial charge on any atom is -0.294 e. The highest BCUT2D eigenvalue weighted by Gasteiger charge is 2.28. The van der Waals surface area contributed by atoms with Gasteiger partial charge in [0.05, 0.1) is 6.67 Å². The van der Waals surface area contributed by atoms with Crippen LogP contribution in [0, 0.1) is 11.8 Å². The van der Waals surface area contributed by atoms with Crippen LogP contribution >= 0.6 is 11.8 Å². The third-order valence-corrected chi connectivity index (χ3v) is 6.62. The Labute approximate surface area is 141 Å². The summed E-state index contributed by atoms with van der Waals surface area (Å²) >= 11 is 2.10. The fourth-order valence-electron chi connectivity index (χ4n) is 4.14. The highest BCUT2D eigenvalue weighted by molar-refractivity contribution is 7.99. The van der Waals surface area contributed by atoms with Crippen LogP contribution in [-0.4, -0.2) is 72.0 Å². The molecule has 0 saturated carbocycles. The van der Waals surface area contributed by atoms with Gasteiger partial charge in [-0.25, -0.2) is 0 Å². The molecule has 3 aliphatic rings. The highest BCUT2D eigenvalue weighted by atomic mass is 32.2. The maximum atomic E-state index is 3.69. The molecule has 3 atom stereocenters. The van der Waals surface area contributed by atoms with Crippen molar-refractivity contribution >= 4 is 11.8 Å². The molecule has 3 fully saturated rings. The lowest BCUT2D eigenvalue weighted by atomic mass is 10.0. The van der Waals surface area contributed by atoms with Gasteiger partial charge in [-0.05, 0) is 50.6 Å². The molecule has 3 rings (SSSR count). The van der Waals surface area contributed by atoms with Crippen LogP contribution in [0.2, 0.25) is 0 Å². The maximum Gasteiger partial charge on any atom is 0.110 e. The average Bonchev–Trinajstić information content (AvgIpc) is 2.92. The number of nitrogens with zero attached hydrogens (tertiary/aromatic N) is 3. The van der Waals surface area contributed by atoms with Crippen LogP contribution in [0.3, 0.4) is 0 Å². The number of likely N-dealkylation sites (tertiary alicyclic amines) is 2. The van der Waals surface area contributed by atoms with Crippen molar-refractivity contribution in [3.8, 4) is 0 Å². The smallest absolute Gasteiger partial charge is 0.110 e. The zero-order chi connectivity index (χ0) is 15.4. The van der Waals surface area contributed by atoms with Crippen LogP contribution in [0.25, 0.3) is 0 Å². The normalized spacial score (nSPS) is 36.0. The quantitative estimate of drug-likeness (QED) is 0.834. The van der Waals surface area contributed by atoms with Crippen molar-refractivity contribution in [2.75, 3.05) is 51.8 Å². The van der Waals surface area contributed by atoms with Crippen LogP contribution < -0.4 is 5.32 Å². The van der Waals surface area contributed by atoms with Gasteiger partial charge in [0.1, 0.15) is 5.50 Å². The summed E-state index contributed by atoms with van der Waals surface area (Å²) in [5.74, 6) is 2.96. The lowest BCUT2D eigenvalue weighted by molar-refractivity contribution is 0.101. The fraction of sp³-hybridized carbons (Fsp3) is 1.00. The molecule has 0 aromatic heterocycles.